The monoisotopic (exact) mass is 196 g/mol. The Morgan fingerprint density at radius 2 is 1.79 bits per heavy atom. The highest BCUT2D eigenvalue weighted by Gasteiger charge is 2.36. The molecule has 0 bridgehead atoms. The quantitative estimate of drug-likeness (QED) is 0.428. The van der Waals surface area contributed by atoms with E-state index in [2.05, 4.69) is 32.6 Å². The van der Waals surface area contributed by atoms with Gasteiger partial charge in [-0.3, -0.25) is 5.03 Å². The molecule has 14 heavy (non-hydrogen) atoms. The third-order valence-corrected chi connectivity index (χ3v) is 3.56. The van der Waals surface area contributed by atoms with E-state index in [0.29, 0.717) is 5.31 Å². The van der Waals surface area contributed by atoms with Crippen molar-refractivity contribution in [3.63, 3.8) is 0 Å². The lowest BCUT2D eigenvalue weighted by Crippen LogP contribution is -2.28. The molecule has 0 heterocycles. The van der Waals surface area contributed by atoms with Crippen LogP contribution in [0.15, 0.2) is 5.03 Å². The normalized spacial score (nSPS) is 14.9. The molecular formula is C11H25BN2. The van der Waals surface area contributed by atoms with Gasteiger partial charge in [0.05, 0.1) is 0 Å². The molecule has 0 aliphatic rings. The molecule has 0 rings (SSSR count). The van der Waals surface area contributed by atoms with Crippen molar-refractivity contribution in [2.75, 3.05) is 0 Å². The topological polar surface area (TPSA) is 36.2 Å². The van der Waals surface area contributed by atoms with Crippen LogP contribution in [0.25, 0.3) is 0 Å². The number of hydrogen-bond acceptors (Lipinski definition) is 2. The van der Waals surface area contributed by atoms with Crippen molar-refractivity contribution in [1.29, 1.82) is 5.53 Å². The smallest absolute Gasteiger partial charge is 0.262 e. The molecule has 0 spiro atoms. The summed E-state index contributed by atoms with van der Waals surface area (Å²) >= 11 is 0. The van der Waals surface area contributed by atoms with Crippen LogP contribution in [0.1, 0.15) is 59.3 Å². The fraction of sp³-hybridized carbons (Fsp3) is 1.00. The summed E-state index contributed by atoms with van der Waals surface area (Å²) in [5, 5.41) is 4.05. The molecule has 82 valence electrons. The fourth-order valence-corrected chi connectivity index (χ4v) is 2.36. The predicted molar refractivity (Wildman–Crippen MR) is 64.2 cm³/mol. The number of nitrogens with one attached hydrogen (secondary N) is 1. The molecule has 1 atom stereocenters. The predicted octanol–water partition coefficient (Wildman–Crippen LogP) is 4.78. The van der Waals surface area contributed by atoms with E-state index >= 15 is 0 Å². The summed E-state index contributed by atoms with van der Waals surface area (Å²) in [7, 11) is 0. The van der Waals surface area contributed by atoms with Gasteiger partial charge in [0.15, 0.2) is 0 Å². The molecule has 1 N–H and O–H groups in total. The second kappa shape index (κ2) is 7.02. The molecule has 0 aromatic rings. The number of unbranched alkanes of at least 4 members (excludes halogenated alkanes) is 1. The van der Waals surface area contributed by atoms with Crippen LogP contribution in [0.2, 0.25) is 12.1 Å². The molecule has 0 aliphatic heterocycles. The summed E-state index contributed by atoms with van der Waals surface area (Å²) in [6.45, 7) is 9.00. The molecule has 0 amide bonds. The second-order valence-electron chi connectivity index (χ2n) is 4.37. The van der Waals surface area contributed by atoms with Crippen LogP contribution in [-0.4, -0.2) is 6.85 Å². The second-order valence-corrected chi connectivity index (χ2v) is 4.37. The van der Waals surface area contributed by atoms with Gasteiger partial charge in [0.1, 0.15) is 0 Å². The Morgan fingerprint density at radius 3 is 2.14 bits per heavy atom. The minimum atomic E-state index is 0.194. The highest BCUT2D eigenvalue weighted by molar-refractivity contribution is 6.58. The minimum Gasteiger partial charge on any atom is -0.262 e. The molecule has 0 saturated carbocycles. The summed E-state index contributed by atoms with van der Waals surface area (Å²) in [6.07, 6.45) is 7.33. The first-order valence-corrected chi connectivity index (χ1v) is 6.03. The van der Waals surface area contributed by atoms with Gasteiger partial charge in [0.25, 0.3) is 0 Å². The highest BCUT2D eigenvalue weighted by Crippen LogP contribution is 2.44. The zero-order valence-electron chi connectivity index (χ0n) is 10.3. The Hall–Kier alpha value is -0.335. The molecule has 0 aliphatic carbocycles. The highest BCUT2D eigenvalue weighted by atomic mass is 14.9. The maximum atomic E-state index is 7.21. The van der Waals surface area contributed by atoms with Crippen LogP contribution >= 0.6 is 0 Å². The van der Waals surface area contributed by atoms with Crippen LogP contribution in [0.5, 0.6) is 0 Å². The average molecular weight is 196 g/mol. The van der Waals surface area contributed by atoms with Gasteiger partial charge >= 0.3 is 6.85 Å². The maximum absolute atomic E-state index is 7.21. The van der Waals surface area contributed by atoms with Crippen LogP contribution in [0, 0.1) is 5.53 Å². The molecule has 1 unspecified atom stereocenters. The zero-order valence-corrected chi connectivity index (χ0v) is 10.3. The number of nitrogens with zero attached hydrogens (tertiary/aromatic N) is 1. The summed E-state index contributed by atoms with van der Waals surface area (Å²) in [5.41, 5.74) is 7.21. The van der Waals surface area contributed by atoms with E-state index in [4.69, 9.17) is 5.53 Å². The Labute approximate surface area is 89.5 Å². The van der Waals surface area contributed by atoms with Crippen molar-refractivity contribution < 1.29 is 0 Å². The van der Waals surface area contributed by atoms with Crippen LogP contribution < -0.4 is 0 Å². The lowest BCUT2D eigenvalue weighted by atomic mass is 9.40. The molecule has 0 fully saturated rings. The minimum absolute atomic E-state index is 0.194. The Morgan fingerprint density at radius 1 is 1.14 bits per heavy atom. The summed E-state index contributed by atoms with van der Waals surface area (Å²) in [4.78, 5) is 0. The lowest BCUT2D eigenvalue weighted by molar-refractivity contribution is 0.426. The van der Waals surface area contributed by atoms with Gasteiger partial charge in [0.2, 0.25) is 0 Å². The van der Waals surface area contributed by atoms with Gasteiger partial charge < -0.3 is 0 Å². The van der Waals surface area contributed by atoms with E-state index in [1.807, 2.05) is 0 Å². The van der Waals surface area contributed by atoms with Gasteiger partial charge in [-0.05, 0) is 5.31 Å². The van der Waals surface area contributed by atoms with Crippen LogP contribution in [-0.2, 0) is 0 Å². The number of hydrogen-bond donors (Lipinski definition) is 1. The van der Waals surface area contributed by atoms with Gasteiger partial charge in [-0.2, -0.15) is 0 Å². The van der Waals surface area contributed by atoms with Crippen molar-refractivity contribution >= 4 is 6.85 Å². The van der Waals surface area contributed by atoms with Crippen molar-refractivity contribution in [2.45, 2.75) is 71.4 Å². The first-order valence-electron chi connectivity index (χ1n) is 6.03. The van der Waals surface area contributed by atoms with Gasteiger partial charge in [0, 0.05) is 0 Å². The molecule has 0 aromatic heterocycles. The molecule has 3 heteroatoms. The van der Waals surface area contributed by atoms with E-state index in [-0.39, 0.29) is 6.85 Å². The van der Waals surface area contributed by atoms with E-state index in [1.54, 1.807) is 0 Å². The first-order chi connectivity index (χ1) is 6.66. The molecular weight excluding hydrogens is 171 g/mol. The van der Waals surface area contributed by atoms with E-state index in [9.17, 15) is 0 Å². The lowest BCUT2D eigenvalue weighted by Gasteiger charge is -2.33. The van der Waals surface area contributed by atoms with E-state index in [1.165, 1.54) is 32.1 Å². The van der Waals surface area contributed by atoms with Crippen molar-refractivity contribution in [2.24, 2.45) is 5.03 Å². The van der Waals surface area contributed by atoms with E-state index < -0.39 is 0 Å². The molecule has 0 saturated heterocycles. The standard InChI is InChI=1S/C11H25BN2/c1-5-8-10-11(7-3,9-6-2)12(4)14-13/h13H,5-10H2,1-4H3. The fourth-order valence-electron chi connectivity index (χ4n) is 2.36. The van der Waals surface area contributed by atoms with Crippen molar-refractivity contribution in [3.8, 4) is 0 Å². The van der Waals surface area contributed by atoms with Crippen molar-refractivity contribution in [1.82, 2.24) is 0 Å². The average Bonchev–Trinajstić information content (AvgIpc) is 2.23. The Bertz CT molecular complexity index is 161. The van der Waals surface area contributed by atoms with Gasteiger partial charge in [-0.25, -0.2) is 5.53 Å². The summed E-state index contributed by atoms with van der Waals surface area (Å²) in [5.74, 6) is 0. The number of rotatable bonds is 8. The van der Waals surface area contributed by atoms with Crippen LogP contribution in [0.4, 0.5) is 0 Å². The molecule has 0 aromatic carbocycles. The van der Waals surface area contributed by atoms with Crippen LogP contribution in [0.3, 0.4) is 0 Å². The van der Waals surface area contributed by atoms with Gasteiger partial charge in [-0.1, -0.05) is 66.1 Å². The Kier molecular flexibility index (Phi) is 6.85. The molecule has 0 radical (unpaired) electrons. The largest absolute Gasteiger partial charge is 0.310 e. The SMILES string of the molecule is CCCCC(CC)(CCC)B(C)N=N. The third-order valence-electron chi connectivity index (χ3n) is 3.56. The third kappa shape index (κ3) is 3.43. The first kappa shape index (κ1) is 13.7. The maximum Gasteiger partial charge on any atom is 0.310 e. The molecule has 2 nitrogen and oxygen atoms in total. The van der Waals surface area contributed by atoms with E-state index in [0.717, 1.165) is 6.42 Å². The van der Waals surface area contributed by atoms with Gasteiger partial charge in [-0.15, -0.1) is 0 Å². The summed E-state index contributed by atoms with van der Waals surface area (Å²) in [6, 6.07) is 0. The zero-order chi connectivity index (χ0) is 11.0. The van der Waals surface area contributed by atoms with Crippen molar-refractivity contribution in [3.05, 3.63) is 0 Å². The summed E-state index contributed by atoms with van der Waals surface area (Å²) < 4.78 is 0. The Balaban J connectivity index is 4.49.